The van der Waals surface area contributed by atoms with Gasteiger partial charge in [0.2, 0.25) is 5.91 Å². The minimum atomic E-state index is -0.439. The van der Waals surface area contributed by atoms with Gasteiger partial charge in [-0.05, 0) is 36.0 Å². The summed E-state index contributed by atoms with van der Waals surface area (Å²) < 4.78 is 14.0. The zero-order valence-corrected chi connectivity index (χ0v) is 13.9. The van der Waals surface area contributed by atoms with Gasteiger partial charge in [-0.25, -0.2) is 4.39 Å². The summed E-state index contributed by atoms with van der Waals surface area (Å²) in [6.45, 7) is 2.10. The maximum Gasteiger partial charge on any atom is 0.220 e. The number of nitrogens with zero attached hydrogens (tertiary/aromatic N) is 2. The Labute approximate surface area is 141 Å². The molecule has 2 atom stereocenters. The first-order chi connectivity index (χ1) is 11.5. The second-order valence-corrected chi connectivity index (χ2v) is 6.76. The highest BCUT2D eigenvalue weighted by molar-refractivity contribution is 5.76. The zero-order chi connectivity index (χ0) is 17.2. The molecule has 1 N–H and O–H groups in total. The molecule has 0 aromatic heterocycles. The van der Waals surface area contributed by atoms with E-state index in [-0.39, 0.29) is 23.7 Å². The first kappa shape index (κ1) is 16.6. The molecule has 4 nitrogen and oxygen atoms in total. The van der Waals surface area contributed by atoms with Crippen molar-refractivity contribution >= 4 is 5.91 Å². The number of carbonyl (C=O) groups excluding carboxylic acids is 1. The molecule has 1 heterocycles. The van der Waals surface area contributed by atoms with Crippen molar-refractivity contribution in [1.82, 2.24) is 5.32 Å². The molecule has 0 saturated heterocycles. The fraction of sp³-hybridized carbons (Fsp3) is 0.526. The van der Waals surface area contributed by atoms with E-state index in [4.69, 9.17) is 6.42 Å². The summed E-state index contributed by atoms with van der Waals surface area (Å²) >= 11 is 0. The highest BCUT2D eigenvalue weighted by atomic mass is 19.1. The van der Waals surface area contributed by atoms with Crippen LogP contribution in [0.25, 0.3) is 0 Å². The van der Waals surface area contributed by atoms with Crippen molar-refractivity contribution in [3.05, 3.63) is 35.1 Å². The Kier molecular flexibility index (Phi) is 4.66. The van der Waals surface area contributed by atoms with Gasteiger partial charge in [-0.3, -0.25) is 4.79 Å². The lowest BCUT2D eigenvalue weighted by Gasteiger charge is -2.32. The number of benzene rings is 1. The van der Waals surface area contributed by atoms with Crippen LogP contribution in [0.5, 0.6) is 0 Å². The van der Waals surface area contributed by atoms with Crippen LogP contribution in [0.3, 0.4) is 0 Å². The summed E-state index contributed by atoms with van der Waals surface area (Å²) in [5, 5.41) is 11.2. The second-order valence-electron chi connectivity index (χ2n) is 6.76. The van der Waals surface area contributed by atoms with Crippen molar-refractivity contribution in [3.8, 4) is 12.3 Å². The van der Waals surface area contributed by atoms with Crippen molar-refractivity contribution < 1.29 is 9.18 Å². The van der Waals surface area contributed by atoms with Crippen LogP contribution in [0, 0.1) is 24.1 Å². The van der Waals surface area contributed by atoms with Crippen LogP contribution in [0.1, 0.15) is 56.2 Å². The molecule has 24 heavy (non-hydrogen) atoms. The van der Waals surface area contributed by atoms with E-state index in [0.717, 1.165) is 24.0 Å². The lowest BCUT2D eigenvalue weighted by molar-refractivity contribution is -0.122. The average molecular weight is 327 g/mol. The van der Waals surface area contributed by atoms with Crippen molar-refractivity contribution in [2.24, 2.45) is 16.1 Å². The third-order valence-corrected chi connectivity index (χ3v) is 5.03. The van der Waals surface area contributed by atoms with Crippen molar-refractivity contribution in [3.63, 3.8) is 0 Å². The Morgan fingerprint density at radius 3 is 2.96 bits per heavy atom. The van der Waals surface area contributed by atoms with Crippen LogP contribution in [0.4, 0.5) is 4.39 Å². The number of halogens is 1. The molecule has 126 valence electrons. The quantitative estimate of drug-likeness (QED) is 0.791. The van der Waals surface area contributed by atoms with Crippen molar-refractivity contribution in [2.45, 2.75) is 57.2 Å². The minimum absolute atomic E-state index is 0.0404. The molecule has 1 aromatic rings. The number of terminal acetylenes is 1. The topological polar surface area (TPSA) is 53.8 Å². The molecule has 0 spiro atoms. The van der Waals surface area contributed by atoms with Crippen LogP contribution in [0.2, 0.25) is 0 Å². The molecule has 0 fully saturated rings. The molecule has 3 rings (SSSR count). The Hall–Kier alpha value is -2.22. The van der Waals surface area contributed by atoms with Gasteiger partial charge in [-0.1, -0.05) is 19.1 Å². The van der Waals surface area contributed by atoms with Gasteiger partial charge in [-0.2, -0.15) is 10.2 Å². The molecule has 0 radical (unpaired) electrons. The summed E-state index contributed by atoms with van der Waals surface area (Å²) in [6, 6.07) is 4.98. The lowest BCUT2D eigenvalue weighted by Crippen LogP contribution is -2.36. The van der Waals surface area contributed by atoms with Crippen LogP contribution < -0.4 is 5.32 Å². The number of fused-ring (bicyclic) bond motifs is 1. The van der Waals surface area contributed by atoms with E-state index in [9.17, 15) is 9.18 Å². The smallest absolute Gasteiger partial charge is 0.220 e. The van der Waals surface area contributed by atoms with E-state index in [1.807, 2.05) is 6.07 Å². The number of nitrogens with one attached hydrogen (secondary N) is 1. The van der Waals surface area contributed by atoms with Crippen LogP contribution >= 0.6 is 0 Å². The predicted molar refractivity (Wildman–Crippen MR) is 89.7 cm³/mol. The Morgan fingerprint density at radius 2 is 2.25 bits per heavy atom. The lowest BCUT2D eigenvalue weighted by atomic mass is 9.80. The van der Waals surface area contributed by atoms with Gasteiger partial charge in [0, 0.05) is 25.7 Å². The zero-order valence-electron chi connectivity index (χ0n) is 13.9. The van der Waals surface area contributed by atoms with E-state index in [2.05, 4.69) is 28.4 Å². The Balaban J connectivity index is 1.61. The fourth-order valence-electron chi connectivity index (χ4n) is 3.42. The number of hydrogen-bond donors (Lipinski definition) is 1. The normalized spacial score (nSPS) is 23.2. The van der Waals surface area contributed by atoms with Gasteiger partial charge in [0.15, 0.2) is 5.66 Å². The van der Waals surface area contributed by atoms with E-state index in [1.54, 1.807) is 6.07 Å². The second kappa shape index (κ2) is 6.72. The maximum atomic E-state index is 14.0. The monoisotopic (exact) mass is 327 g/mol. The highest BCUT2D eigenvalue weighted by Crippen LogP contribution is 2.38. The summed E-state index contributed by atoms with van der Waals surface area (Å²) in [5.41, 5.74) is 1.20. The third kappa shape index (κ3) is 3.48. The standard InChI is InChI=1S/C19H22FN3O/c1-3-4-11-19(22-23-19)12-10-17(24)21-18-13(2)8-9-14-15(18)6-5-7-16(14)20/h1,5-7,13,18H,4,8-12H2,2H3,(H,21,24). The molecule has 2 aliphatic rings. The molecular formula is C19H22FN3O. The first-order valence-electron chi connectivity index (χ1n) is 8.49. The van der Waals surface area contributed by atoms with Gasteiger partial charge in [-0.15, -0.1) is 12.3 Å². The SMILES string of the molecule is C#CCCC1(CCC(=O)NC2c3cccc(F)c3CCC2C)N=N1. The van der Waals surface area contributed by atoms with Gasteiger partial charge >= 0.3 is 0 Å². The van der Waals surface area contributed by atoms with E-state index < -0.39 is 5.66 Å². The molecule has 0 saturated carbocycles. The van der Waals surface area contributed by atoms with Crippen molar-refractivity contribution in [2.75, 3.05) is 0 Å². The summed E-state index contributed by atoms with van der Waals surface area (Å²) in [6.07, 6.45) is 9.11. The highest BCUT2D eigenvalue weighted by Gasteiger charge is 2.39. The molecule has 1 aliphatic heterocycles. The number of carbonyl (C=O) groups is 1. The molecule has 1 amide bonds. The number of rotatable bonds is 6. The Morgan fingerprint density at radius 1 is 1.46 bits per heavy atom. The van der Waals surface area contributed by atoms with Gasteiger partial charge in [0.1, 0.15) is 5.82 Å². The first-order valence-corrected chi connectivity index (χ1v) is 8.49. The number of amides is 1. The van der Waals surface area contributed by atoms with Crippen molar-refractivity contribution in [1.29, 1.82) is 0 Å². The maximum absolute atomic E-state index is 14.0. The summed E-state index contributed by atoms with van der Waals surface area (Å²) in [5.74, 6) is 2.65. The predicted octanol–water partition coefficient (Wildman–Crippen LogP) is 3.92. The van der Waals surface area contributed by atoms with Gasteiger partial charge in [0.25, 0.3) is 0 Å². The van der Waals surface area contributed by atoms with E-state index in [0.29, 0.717) is 25.7 Å². The van der Waals surface area contributed by atoms with Crippen LogP contribution in [-0.4, -0.2) is 11.6 Å². The fourth-order valence-corrected chi connectivity index (χ4v) is 3.42. The molecular weight excluding hydrogens is 305 g/mol. The van der Waals surface area contributed by atoms with E-state index in [1.165, 1.54) is 6.07 Å². The molecule has 5 heteroatoms. The summed E-state index contributed by atoms with van der Waals surface area (Å²) in [7, 11) is 0. The van der Waals surface area contributed by atoms with Gasteiger partial charge < -0.3 is 5.32 Å². The Bertz CT molecular complexity index is 701. The van der Waals surface area contributed by atoms with E-state index >= 15 is 0 Å². The average Bonchev–Trinajstić information content (AvgIpc) is 3.34. The van der Waals surface area contributed by atoms with Crippen LogP contribution in [0.15, 0.2) is 28.4 Å². The third-order valence-electron chi connectivity index (χ3n) is 5.03. The molecule has 2 unspecified atom stereocenters. The summed E-state index contributed by atoms with van der Waals surface area (Å²) in [4.78, 5) is 12.4. The molecule has 0 bridgehead atoms. The largest absolute Gasteiger partial charge is 0.349 e. The van der Waals surface area contributed by atoms with Crippen LogP contribution in [-0.2, 0) is 11.2 Å². The minimum Gasteiger partial charge on any atom is -0.349 e. The van der Waals surface area contributed by atoms with Gasteiger partial charge in [0.05, 0.1) is 6.04 Å². The molecule has 1 aliphatic carbocycles. The number of hydrogen-bond acceptors (Lipinski definition) is 3. The molecule has 1 aromatic carbocycles.